The van der Waals surface area contributed by atoms with Gasteiger partial charge in [-0.2, -0.15) is 0 Å². The summed E-state index contributed by atoms with van der Waals surface area (Å²) in [7, 11) is 1.70. The number of aryl methyl sites for hydroxylation is 1. The van der Waals surface area contributed by atoms with Crippen LogP contribution in [0.5, 0.6) is 5.75 Å². The summed E-state index contributed by atoms with van der Waals surface area (Å²) < 4.78 is 5.50. The molecular weight excluding hydrogens is 463 g/mol. The molecule has 1 aromatic heterocycles. The maximum absolute atomic E-state index is 5.50. The zero-order valence-electron chi connectivity index (χ0n) is 17.2. The van der Waals surface area contributed by atoms with Gasteiger partial charge in [-0.3, -0.25) is 4.98 Å². The fourth-order valence-corrected chi connectivity index (χ4v) is 3.49. The second-order valence-electron chi connectivity index (χ2n) is 7.24. The lowest BCUT2D eigenvalue weighted by atomic mass is 9.96. The van der Waals surface area contributed by atoms with Crippen LogP contribution in [0.4, 0.5) is 0 Å². The van der Waals surface area contributed by atoms with E-state index in [4.69, 9.17) is 9.73 Å². The van der Waals surface area contributed by atoms with E-state index in [2.05, 4.69) is 52.9 Å². The minimum absolute atomic E-state index is 0. The van der Waals surface area contributed by atoms with Crippen molar-refractivity contribution in [1.82, 2.24) is 15.6 Å². The highest BCUT2D eigenvalue weighted by atomic mass is 127. The molecule has 0 radical (unpaired) electrons. The van der Waals surface area contributed by atoms with Crippen LogP contribution in [0, 0.1) is 13.8 Å². The molecule has 2 N–H and O–H groups in total. The van der Waals surface area contributed by atoms with Crippen molar-refractivity contribution in [3.8, 4) is 5.75 Å². The molecule has 0 saturated heterocycles. The average molecular weight is 494 g/mol. The van der Waals surface area contributed by atoms with E-state index in [1.54, 1.807) is 7.11 Å². The molecule has 0 aliphatic heterocycles. The van der Waals surface area contributed by atoms with Crippen LogP contribution in [0.3, 0.4) is 0 Å². The van der Waals surface area contributed by atoms with Gasteiger partial charge in [0.25, 0.3) is 0 Å². The molecule has 0 amide bonds. The molecule has 1 aliphatic rings. The van der Waals surface area contributed by atoms with E-state index >= 15 is 0 Å². The molecule has 0 bridgehead atoms. The van der Waals surface area contributed by atoms with E-state index in [9.17, 15) is 0 Å². The van der Waals surface area contributed by atoms with Crippen molar-refractivity contribution in [3.63, 3.8) is 0 Å². The molecule has 2 aromatic rings. The van der Waals surface area contributed by atoms with E-state index in [0.717, 1.165) is 41.6 Å². The number of nitrogens with zero attached hydrogens (tertiary/aromatic N) is 2. The predicted molar refractivity (Wildman–Crippen MR) is 126 cm³/mol. The summed E-state index contributed by atoms with van der Waals surface area (Å²) >= 11 is 0. The summed E-state index contributed by atoms with van der Waals surface area (Å²) in [6.45, 7) is 8.38. The van der Waals surface area contributed by atoms with Crippen molar-refractivity contribution in [3.05, 3.63) is 58.9 Å². The topological polar surface area (TPSA) is 58.5 Å². The van der Waals surface area contributed by atoms with Crippen molar-refractivity contribution in [2.24, 2.45) is 4.99 Å². The lowest BCUT2D eigenvalue weighted by molar-refractivity contribution is 0.407. The van der Waals surface area contributed by atoms with Crippen molar-refractivity contribution in [1.29, 1.82) is 0 Å². The van der Waals surface area contributed by atoms with Crippen LogP contribution in [0.1, 0.15) is 42.1 Å². The molecule has 1 fully saturated rings. The average Bonchev–Trinajstić information content (AvgIpc) is 3.47. The monoisotopic (exact) mass is 494 g/mol. The second kappa shape index (κ2) is 10.1. The molecule has 0 atom stereocenters. The molecule has 0 spiro atoms. The number of aromatic nitrogens is 1. The summed E-state index contributed by atoms with van der Waals surface area (Å²) in [4.78, 5) is 9.30. The van der Waals surface area contributed by atoms with Crippen LogP contribution in [0.2, 0.25) is 0 Å². The third kappa shape index (κ3) is 5.16. The molecular formula is C22H31IN4O. The predicted octanol–water partition coefficient (Wildman–Crippen LogP) is 4.11. The Labute approximate surface area is 185 Å². The molecule has 1 aromatic carbocycles. The maximum atomic E-state index is 5.50. The van der Waals surface area contributed by atoms with Gasteiger partial charge >= 0.3 is 0 Å². The third-order valence-corrected chi connectivity index (χ3v) is 5.31. The highest BCUT2D eigenvalue weighted by Crippen LogP contribution is 2.47. The molecule has 0 unspecified atom stereocenters. The Bertz CT molecular complexity index is 804. The minimum Gasteiger partial charge on any atom is -0.496 e. The number of guanidine groups is 1. The van der Waals surface area contributed by atoms with Crippen LogP contribution in [-0.4, -0.2) is 31.1 Å². The molecule has 1 heterocycles. The maximum Gasteiger partial charge on any atom is 0.191 e. The van der Waals surface area contributed by atoms with Gasteiger partial charge in [-0.1, -0.05) is 30.3 Å². The fraction of sp³-hybridized carbons (Fsp3) is 0.455. The number of pyridine rings is 1. The van der Waals surface area contributed by atoms with E-state index < -0.39 is 0 Å². The third-order valence-electron chi connectivity index (χ3n) is 5.31. The van der Waals surface area contributed by atoms with Gasteiger partial charge in [0.05, 0.1) is 19.3 Å². The van der Waals surface area contributed by atoms with Crippen LogP contribution in [0.15, 0.2) is 41.5 Å². The Hall–Kier alpha value is -1.83. The SMILES string of the molecule is CCNC(=NCc1ncc(C)c(OC)c1C)NCC1(c2ccccc2)CC1.I. The van der Waals surface area contributed by atoms with E-state index in [1.165, 1.54) is 18.4 Å². The summed E-state index contributed by atoms with van der Waals surface area (Å²) in [6.07, 6.45) is 4.30. The number of benzene rings is 1. The van der Waals surface area contributed by atoms with E-state index in [-0.39, 0.29) is 29.4 Å². The van der Waals surface area contributed by atoms with Gasteiger partial charge in [-0.05, 0) is 39.2 Å². The van der Waals surface area contributed by atoms with Gasteiger partial charge in [0.15, 0.2) is 5.96 Å². The molecule has 1 saturated carbocycles. The first-order chi connectivity index (χ1) is 13.1. The van der Waals surface area contributed by atoms with Gasteiger partial charge in [-0.15, -0.1) is 24.0 Å². The minimum atomic E-state index is 0. The molecule has 1 aliphatic carbocycles. The number of hydrogen-bond donors (Lipinski definition) is 2. The summed E-state index contributed by atoms with van der Waals surface area (Å²) in [5.41, 5.74) is 4.71. The van der Waals surface area contributed by atoms with Gasteiger partial charge in [0, 0.05) is 35.8 Å². The lowest BCUT2D eigenvalue weighted by Gasteiger charge is -2.19. The van der Waals surface area contributed by atoms with Gasteiger partial charge in [0.1, 0.15) is 5.75 Å². The number of hydrogen-bond acceptors (Lipinski definition) is 3. The molecule has 28 heavy (non-hydrogen) atoms. The van der Waals surface area contributed by atoms with E-state index in [0.29, 0.717) is 6.54 Å². The highest BCUT2D eigenvalue weighted by molar-refractivity contribution is 14.0. The van der Waals surface area contributed by atoms with Crippen molar-refractivity contribution in [2.45, 2.75) is 45.6 Å². The summed E-state index contributed by atoms with van der Waals surface area (Å²) in [5.74, 6) is 1.73. The largest absolute Gasteiger partial charge is 0.496 e. The van der Waals surface area contributed by atoms with Gasteiger partial charge in [-0.25, -0.2) is 4.99 Å². The first kappa shape index (κ1) is 22.5. The standard InChI is InChI=1S/C22H30N4O.HI/c1-5-23-21(25-14-19-17(3)20(27-4)16(2)13-24-19)26-15-22(11-12-22)18-9-7-6-8-10-18;/h6-10,13H,5,11-12,14-15H2,1-4H3,(H2,23,25,26);1H. The van der Waals surface area contributed by atoms with Gasteiger partial charge < -0.3 is 15.4 Å². The highest BCUT2D eigenvalue weighted by Gasteiger charge is 2.43. The van der Waals surface area contributed by atoms with Crippen LogP contribution < -0.4 is 15.4 Å². The molecule has 5 nitrogen and oxygen atoms in total. The summed E-state index contributed by atoms with van der Waals surface area (Å²) in [6, 6.07) is 10.8. The normalized spacial score (nSPS) is 14.8. The van der Waals surface area contributed by atoms with Crippen molar-refractivity contribution < 1.29 is 4.74 Å². The van der Waals surface area contributed by atoms with Crippen LogP contribution in [0.25, 0.3) is 0 Å². The van der Waals surface area contributed by atoms with Gasteiger partial charge in [0.2, 0.25) is 0 Å². The first-order valence-electron chi connectivity index (χ1n) is 9.66. The van der Waals surface area contributed by atoms with Crippen LogP contribution in [-0.2, 0) is 12.0 Å². The lowest BCUT2D eigenvalue weighted by Crippen LogP contribution is -2.41. The number of nitrogens with one attached hydrogen (secondary N) is 2. The number of ether oxygens (including phenoxy) is 1. The number of rotatable bonds is 7. The molecule has 152 valence electrons. The quantitative estimate of drug-likeness (QED) is 0.346. The number of aliphatic imine (C=N–C) groups is 1. The number of halogens is 1. The van der Waals surface area contributed by atoms with Crippen molar-refractivity contribution >= 4 is 29.9 Å². The number of methoxy groups -OCH3 is 1. The Kier molecular flexibility index (Phi) is 8.10. The molecule has 6 heteroatoms. The second-order valence-corrected chi connectivity index (χ2v) is 7.24. The van der Waals surface area contributed by atoms with E-state index in [1.807, 2.05) is 20.0 Å². The Morgan fingerprint density at radius 2 is 1.89 bits per heavy atom. The Morgan fingerprint density at radius 1 is 1.18 bits per heavy atom. The van der Waals surface area contributed by atoms with Crippen LogP contribution >= 0.6 is 24.0 Å². The zero-order valence-corrected chi connectivity index (χ0v) is 19.5. The zero-order chi connectivity index (χ0) is 19.3. The Balaban J connectivity index is 0.00000280. The first-order valence-corrected chi connectivity index (χ1v) is 9.66. The summed E-state index contributed by atoms with van der Waals surface area (Å²) in [5, 5.41) is 6.88. The van der Waals surface area contributed by atoms with Crippen molar-refractivity contribution in [2.75, 3.05) is 20.2 Å². The fourth-order valence-electron chi connectivity index (χ4n) is 3.49. The Morgan fingerprint density at radius 3 is 2.50 bits per heavy atom. The molecule has 3 rings (SSSR count). The smallest absolute Gasteiger partial charge is 0.191 e.